The van der Waals surface area contributed by atoms with Crippen LogP contribution in [0.1, 0.15) is 28.1 Å². The Morgan fingerprint density at radius 3 is 2.71 bits per heavy atom. The molecular formula is C11H15NO6S3. The average molecular weight is 353 g/mol. The maximum Gasteiger partial charge on any atom is 0.347 e. The second-order valence-electron chi connectivity index (χ2n) is 4.87. The van der Waals surface area contributed by atoms with Gasteiger partial charge in [0, 0.05) is 6.54 Å². The number of hydrogen-bond acceptors (Lipinski definition) is 6. The van der Waals surface area contributed by atoms with Gasteiger partial charge in [-0.05, 0) is 30.7 Å². The van der Waals surface area contributed by atoms with E-state index < -0.39 is 31.1 Å². The number of aromatic carboxylic acids is 1. The van der Waals surface area contributed by atoms with Crippen molar-refractivity contribution in [3.63, 3.8) is 0 Å². The smallest absolute Gasteiger partial charge is 0.347 e. The largest absolute Gasteiger partial charge is 0.477 e. The summed E-state index contributed by atoms with van der Waals surface area (Å²) in [5.74, 6) is -1.25. The molecule has 0 amide bonds. The predicted molar refractivity (Wildman–Crippen MR) is 78.0 cm³/mol. The van der Waals surface area contributed by atoms with E-state index in [1.807, 2.05) is 0 Å². The molecule has 1 aromatic heterocycles. The lowest BCUT2D eigenvalue weighted by Crippen LogP contribution is -2.35. The molecule has 0 spiro atoms. The highest BCUT2D eigenvalue weighted by Gasteiger charge is 2.33. The van der Waals surface area contributed by atoms with Crippen LogP contribution in [0.2, 0.25) is 0 Å². The molecule has 1 aromatic rings. The molecule has 2 rings (SSSR count). The molecular weight excluding hydrogens is 338 g/mol. The first-order chi connectivity index (χ1) is 9.65. The molecule has 2 N–H and O–H groups in total. The fourth-order valence-electron chi connectivity index (χ4n) is 2.28. The summed E-state index contributed by atoms with van der Waals surface area (Å²) in [6, 6.07) is 0. The fourth-order valence-corrected chi connectivity index (χ4v) is 6.86. The van der Waals surface area contributed by atoms with Gasteiger partial charge < -0.3 is 5.11 Å². The van der Waals surface area contributed by atoms with E-state index in [9.17, 15) is 21.6 Å². The SMILES string of the molecule is Cc1csc(C(=O)O)c1S(=O)(=O)NCC1CCCS1(=O)=O. The van der Waals surface area contributed by atoms with E-state index in [1.54, 1.807) is 0 Å². The molecule has 0 bridgehead atoms. The Balaban J connectivity index is 2.24. The summed E-state index contributed by atoms with van der Waals surface area (Å²) in [4.78, 5) is 10.5. The maximum absolute atomic E-state index is 12.2. The van der Waals surface area contributed by atoms with Gasteiger partial charge in [0.1, 0.15) is 9.77 Å². The molecule has 0 aromatic carbocycles. The molecule has 1 fully saturated rings. The van der Waals surface area contributed by atoms with E-state index in [-0.39, 0.29) is 22.1 Å². The number of thiophene rings is 1. The number of carboxylic acid groups (broad SMARTS) is 1. The summed E-state index contributed by atoms with van der Waals surface area (Å²) in [5.41, 5.74) is 0.333. The molecule has 1 aliphatic heterocycles. The minimum Gasteiger partial charge on any atom is -0.477 e. The van der Waals surface area contributed by atoms with Gasteiger partial charge in [-0.3, -0.25) is 0 Å². The number of rotatable bonds is 5. The van der Waals surface area contributed by atoms with Crippen molar-refractivity contribution >= 4 is 37.2 Å². The first-order valence-corrected chi connectivity index (χ1v) is 10.3. The van der Waals surface area contributed by atoms with Crippen LogP contribution in [0.5, 0.6) is 0 Å². The molecule has 1 aliphatic rings. The molecule has 1 unspecified atom stereocenters. The molecule has 118 valence electrons. The van der Waals surface area contributed by atoms with Gasteiger partial charge in [0.2, 0.25) is 10.0 Å². The summed E-state index contributed by atoms with van der Waals surface area (Å²) in [6.07, 6.45) is 0.936. The summed E-state index contributed by atoms with van der Waals surface area (Å²) >= 11 is 0.832. The lowest BCUT2D eigenvalue weighted by Gasteiger charge is -2.12. The van der Waals surface area contributed by atoms with Gasteiger partial charge >= 0.3 is 5.97 Å². The van der Waals surface area contributed by atoms with Crippen LogP contribution in [0.15, 0.2) is 10.3 Å². The van der Waals surface area contributed by atoms with Gasteiger partial charge in [0.25, 0.3) is 0 Å². The average Bonchev–Trinajstić information content (AvgIpc) is 2.90. The Kier molecular flexibility index (Phi) is 4.43. The Morgan fingerprint density at radius 2 is 2.19 bits per heavy atom. The van der Waals surface area contributed by atoms with Crippen molar-refractivity contribution in [2.45, 2.75) is 29.9 Å². The summed E-state index contributed by atoms with van der Waals surface area (Å²) in [5, 5.41) is 9.74. The number of aryl methyl sites for hydroxylation is 1. The van der Waals surface area contributed by atoms with E-state index >= 15 is 0 Å². The molecule has 10 heteroatoms. The van der Waals surface area contributed by atoms with Gasteiger partial charge in [0.15, 0.2) is 9.84 Å². The topological polar surface area (TPSA) is 118 Å². The number of carbonyl (C=O) groups is 1. The highest BCUT2D eigenvalue weighted by atomic mass is 32.2. The van der Waals surface area contributed by atoms with E-state index in [0.29, 0.717) is 18.4 Å². The summed E-state index contributed by atoms with van der Waals surface area (Å²) < 4.78 is 50.1. The third-order valence-corrected chi connectivity index (χ3v) is 8.45. The van der Waals surface area contributed by atoms with Crippen LogP contribution < -0.4 is 4.72 Å². The minimum atomic E-state index is -4.05. The Bertz CT molecular complexity index is 762. The van der Waals surface area contributed by atoms with Crippen molar-refractivity contribution in [2.24, 2.45) is 0 Å². The third kappa shape index (κ3) is 3.28. The van der Waals surface area contributed by atoms with Gasteiger partial charge in [-0.1, -0.05) is 0 Å². The zero-order valence-electron chi connectivity index (χ0n) is 11.2. The normalized spacial score (nSPS) is 21.5. The predicted octanol–water partition coefficient (Wildman–Crippen LogP) is 0.610. The van der Waals surface area contributed by atoms with Crippen molar-refractivity contribution in [1.29, 1.82) is 0 Å². The zero-order valence-corrected chi connectivity index (χ0v) is 13.6. The number of hydrogen-bond donors (Lipinski definition) is 2. The highest BCUT2D eigenvalue weighted by molar-refractivity contribution is 7.92. The standard InChI is InChI=1S/C11H15NO6S3/c1-7-6-19-9(11(13)14)10(7)21(17,18)12-5-8-3-2-4-20(8,15)16/h6,8,12H,2-5H2,1H3,(H,13,14). The summed E-state index contributed by atoms with van der Waals surface area (Å²) in [7, 11) is -7.30. The Hall–Kier alpha value is -0.970. The lowest BCUT2D eigenvalue weighted by atomic mass is 10.2. The van der Waals surface area contributed by atoms with Crippen molar-refractivity contribution in [2.75, 3.05) is 12.3 Å². The van der Waals surface area contributed by atoms with E-state index in [2.05, 4.69) is 4.72 Å². The molecule has 2 heterocycles. The van der Waals surface area contributed by atoms with Crippen LogP contribution >= 0.6 is 11.3 Å². The van der Waals surface area contributed by atoms with Crippen molar-refractivity contribution in [3.05, 3.63) is 15.8 Å². The number of nitrogens with one attached hydrogen (secondary N) is 1. The van der Waals surface area contributed by atoms with Gasteiger partial charge in [-0.25, -0.2) is 26.4 Å². The van der Waals surface area contributed by atoms with E-state index in [0.717, 1.165) is 11.3 Å². The second kappa shape index (κ2) is 5.67. The van der Waals surface area contributed by atoms with Gasteiger partial charge in [-0.15, -0.1) is 11.3 Å². The van der Waals surface area contributed by atoms with E-state index in [4.69, 9.17) is 5.11 Å². The molecule has 7 nitrogen and oxygen atoms in total. The van der Waals surface area contributed by atoms with E-state index in [1.165, 1.54) is 12.3 Å². The van der Waals surface area contributed by atoms with Crippen LogP contribution in [0.3, 0.4) is 0 Å². The van der Waals surface area contributed by atoms with Crippen LogP contribution in [-0.2, 0) is 19.9 Å². The van der Waals surface area contributed by atoms with Crippen LogP contribution in [-0.4, -0.2) is 45.5 Å². The minimum absolute atomic E-state index is 0.0667. The molecule has 1 saturated heterocycles. The monoisotopic (exact) mass is 353 g/mol. The molecule has 0 aliphatic carbocycles. The first-order valence-electron chi connectivity index (χ1n) is 6.18. The van der Waals surface area contributed by atoms with Crippen molar-refractivity contribution in [1.82, 2.24) is 4.72 Å². The quantitative estimate of drug-likeness (QED) is 0.801. The van der Waals surface area contributed by atoms with Crippen LogP contribution in [0.25, 0.3) is 0 Å². The Morgan fingerprint density at radius 1 is 1.52 bits per heavy atom. The zero-order chi connectivity index (χ0) is 15.8. The van der Waals surface area contributed by atoms with Crippen molar-refractivity contribution < 1.29 is 26.7 Å². The third-order valence-electron chi connectivity index (χ3n) is 3.34. The molecule has 0 saturated carbocycles. The van der Waals surface area contributed by atoms with Crippen LogP contribution in [0, 0.1) is 6.92 Å². The Labute approximate surface area is 127 Å². The molecule has 0 radical (unpaired) electrons. The van der Waals surface area contributed by atoms with Crippen LogP contribution in [0.4, 0.5) is 0 Å². The highest BCUT2D eigenvalue weighted by Crippen LogP contribution is 2.27. The molecule has 21 heavy (non-hydrogen) atoms. The van der Waals surface area contributed by atoms with Crippen molar-refractivity contribution in [3.8, 4) is 0 Å². The first kappa shape index (κ1) is 16.4. The molecule has 1 atom stereocenters. The van der Waals surface area contributed by atoms with Gasteiger partial charge in [0.05, 0.1) is 11.0 Å². The lowest BCUT2D eigenvalue weighted by molar-refractivity contribution is 0.0698. The summed E-state index contributed by atoms with van der Waals surface area (Å²) in [6.45, 7) is 1.28. The number of sulfone groups is 1. The fraction of sp³-hybridized carbons (Fsp3) is 0.545. The second-order valence-corrected chi connectivity index (χ2v) is 9.85. The maximum atomic E-state index is 12.2. The number of sulfonamides is 1. The van der Waals surface area contributed by atoms with Gasteiger partial charge in [-0.2, -0.15) is 0 Å². The number of carboxylic acids is 1.